The third-order valence-corrected chi connectivity index (χ3v) is 2.52. The van der Waals surface area contributed by atoms with Crippen molar-refractivity contribution < 1.29 is 9.47 Å². The molecule has 0 aromatic heterocycles. The molecule has 0 fully saturated rings. The molecule has 0 heterocycles. The summed E-state index contributed by atoms with van der Waals surface area (Å²) in [4.78, 5) is 0. The Hall–Kier alpha value is 0.1000. The van der Waals surface area contributed by atoms with E-state index in [-0.39, 0.29) is 12.2 Å². The van der Waals surface area contributed by atoms with Crippen molar-refractivity contribution in [3.63, 3.8) is 0 Å². The molecular formula is C11H14Br2O2. The number of methoxy groups -OCH3 is 1. The van der Waals surface area contributed by atoms with Gasteiger partial charge in [-0.05, 0) is 56.5 Å². The molecule has 15 heavy (non-hydrogen) atoms. The maximum atomic E-state index is 5.59. The smallest absolute Gasteiger partial charge is 0.106 e. The van der Waals surface area contributed by atoms with Crippen molar-refractivity contribution in [3.8, 4) is 0 Å². The van der Waals surface area contributed by atoms with Crippen LogP contribution in [0.4, 0.5) is 0 Å². The Morgan fingerprint density at radius 1 is 1.47 bits per heavy atom. The van der Waals surface area contributed by atoms with Crippen molar-refractivity contribution in [1.82, 2.24) is 0 Å². The first kappa shape index (κ1) is 13.2. The van der Waals surface area contributed by atoms with Crippen LogP contribution >= 0.6 is 31.9 Å². The second kappa shape index (κ2) is 6.63. The number of hydrogen-bond acceptors (Lipinski definition) is 2. The van der Waals surface area contributed by atoms with E-state index < -0.39 is 0 Å². The van der Waals surface area contributed by atoms with Crippen molar-refractivity contribution in [3.05, 3.63) is 33.3 Å². The van der Waals surface area contributed by atoms with Gasteiger partial charge in [0.05, 0.1) is 3.39 Å². The third-order valence-electron chi connectivity index (χ3n) is 2.07. The van der Waals surface area contributed by atoms with Crippen LogP contribution < -0.4 is 0 Å². The van der Waals surface area contributed by atoms with Crippen molar-refractivity contribution in [2.24, 2.45) is 0 Å². The molecule has 84 valence electrons. The molecule has 0 spiro atoms. The second-order valence-corrected chi connectivity index (χ2v) is 5.85. The molecule has 0 bridgehead atoms. The van der Waals surface area contributed by atoms with Crippen LogP contribution in [0.3, 0.4) is 0 Å². The molecule has 2 nitrogen and oxygen atoms in total. The monoisotopic (exact) mass is 336 g/mol. The molecule has 0 saturated heterocycles. The van der Waals surface area contributed by atoms with E-state index in [0.717, 1.165) is 8.96 Å². The standard InChI is InChI=1S/C11H14Br2O2/c1-3-15-10-6-8(7-11(12)13)4-5-9(10)14-2/h4-7,9-10H,3H2,1-2H3. The molecule has 0 radical (unpaired) electrons. The van der Waals surface area contributed by atoms with Gasteiger partial charge in [-0.25, -0.2) is 0 Å². The van der Waals surface area contributed by atoms with E-state index in [1.54, 1.807) is 7.11 Å². The predicted molar refractivity (Wildman–Crippen MR) is 69.4 cm³/mol. The molecule has 1 aliphatic carbocycles. The topological polar surface area (TPSA) is 18.5 Å². The Morgan fingerprint density at radius 3 is 2.73 bits per heavy atom. The maximum Gasteiger partial charge on any atom is 0.106 e. The minimum absolute atomic E-state index is 0.00407. The summed E-state index contributed by atoms with van der Waals surface area (Å²) in [6, 6.07) is 0. The van der Waals surface area contributed by atoms with Gasteiger partial charge in [0.25, 0.3) is 0 Å². The lowest BCUT2D eigenvalue weighted by Crippen LogP contribution is -2.29. The largest absolute Gasteiger partial charge is 0.374 e. The fourth-order valence-corrected chi connectivity index (χ4v) is 1.95. The zero-order valence-corrected chi connectivity index (χ0v) is 11.9. The van der Waals surface area contributed by atoms with Gasteiger partial charge in [-0.15, -0.1) is 0 Å². The van der Waals surface area contributed by atoms with Gasteiger partial charge in [-0.3, -0.25) is 0 Å². The highest BCUT2D eigenvalue weighted by Crippen LogP contribution is 2.22. The molecule has 0 aliphatic heterocycles. The number of ether oxygens (including phenoxy) is 2. The summed E-state index contributed by atoms with van der Waals surface area (Å²) in [7, 11) is 1.69. The first-order valence-electron chi connectivity index (χ1n) is 4.74. The average Bonchev–Trinajstić information content (AvgIpc) is 2.18. The van der Waals surface area contributed by atoms with E-state index in [2.05, 4.69) is 37.9 Å². The van der Waals surface area contributed by atoms with E-state index in [9.17, 15) is 0 Å². The average molecular weight is 338 g/mol. The van der Waals surface area contributed by atoms with Gasteiger partial charge in [0.1, 0.15) is 12.2 Å². The Balaban J connectivity index is 2.77. The quantitative estimate of drug-likeness (QED) is 0.781. The van der Waals surface area contributed by atoms with Gasteiger partial charge < -0.3 is 9.47 Å². The van der Waals surface area contributed by atoms with E-state index in [0.29, 0.717) is 6.61 Å². The van der Waals surface area contributed by atoms with Crippen LogP contribution in [0.15, 0.2) is 33.3 Å². The molecule has 0 aromatic rings. The molecule has 0 saturated carbocycles. The number of allylic oxidation sites excluding steroid dienone is 3. The normalized spacial score (nSPS) is 24.9. The van der Waals surface area contributed by atoms with Crippen LogP contribution in [0.2, 0.25) is 0 Å². The van der Waals surface area contributed by atoms with E-state index in [1.165, 1.54) is 0 Å². The van der Waals surface area contributed by atoms with E-state index in [4.69, 9.17) is 9.47 Å². The molecule has 0 N–H and O–H groups in total. The van der Waals surface area contributed by atoms with Gasteiger partial charge >= 0.3 is 0 Å². The zero-order chi connectivity index (χ0) is 11.3. The van der Waals surface area contributed by atoms with Crippen molar-refractivity contribution in [2.75, 3.05) is 13.7 Å². The van der Waals surface area contributed by atoms with Crippen molar-refractivity contribution >= 4 is 31.9 Å². The predicted octanol–water partition coefficient (Wildman–Crippen LogP) is 3.53. The van der Waals surface area contributed by atoms with Gasteiger partial charge in [-0.2, -0.15) is 0 Å². The zero-order valence-electron chi connectivity index (χ0n) is 8.74. The van der Waals surface area contributed by atoms with Crippen LogP contribution in [0.5, 0.6) is 0 Å². The molecule has 0 amide bonds. The molecule has 2 unspecified atom stereocenters. The van der Waals surface area contributed by atoms with Crippen LogP contribution in [-0.2, 0) is 9.47 Å². The fourth-order valence-electron chi connectivity index (χ4n) is 1.43. The summed E-state index contributed by atoms with van der Waals surface area (Å²) >= 11 is 6.66. The van der Waals surface area contributed by atoms with Gasteiger partial charge in [0, 0.05) is 13.7 Å². The van der Waals surface area contributed by atoms with Crippen LogP contribution in [0.25, 0.3) is 0 Å². The minimum Gasteiger partial charge on any atom is -0.374 e. The summed E-state index contributed by atoms with van der Waals surface area (Å²) in [5.41, 5.74) is 1.10. The SMILES string of the molecule is CCOC1C=C(C=C(Br)Br)C=CC1OC. The van der Waals surface area contributed by atoms with Gasteiger partial charge in [0.2, 0.25) is 0 Å². The molecule has 2 atom stereocenters. The lowest BCUT2D eigenvalue weighted by molar-refractivity contribution is -0.00600. The van der Waals surface area contributed by atoms with Crippen molar-refractivity contribution in [1.29, 1.82) is 0 Å². The Morgan fingerprint density at radius 2 is 2.20 bits per heavy atom. The lowest BCUT2D eigenvalue weighted by Gasteiger charge is -2.24. The van der Waals surface area contributed by atoms with Crippen LogP contribution in [-0.4, -0.2) is 25.9 Å². The third kappa shape index (κ3) is 4.23. The summed E-state index contributed by atoms with van der Waals surface area (Å²) in [6.45, 7) is 2.66. The Bertz CT molecular complexity index is 291. The van der Waals surface area contributed by atoms with Crippen molar-refractivity contribution in [2.45, 2.75) is 19.1 Å². The lowest BCUT2D eigenvalue weighted by atomic mass is 10.0. The highest BCUT2D eigenvalue weighted by molar-refractivity contribution is 9.28. The van der Waals surface area contributed by atoms with Crippen LogP contribution in [0, 0.1) is 0 Å². The molecule has 1 rings (SSSR count). The summed E-state index contributed by atoms with van der Waals surface area (Å²) in [6.07, 6.45) is 8.07. The van der Waals surface area contributed by atoms with E-state index >= 15 is 0 Å². The number of rotatable bonds is 4. The first-order chi connectivity index (χ1) is 7.17. The molecule has 1 aliphatic rings. The van der Waals surface area contributed by atoms with Gasteiger partial charge in [0.15, 0.2) is 0 Å². The second-order valence-electron chi connectivity index (χ2n) is 3.08. The first-order valence-corrected chi connectivity index (χ1v) is 6.33. The molecular weight excluding hydrogens is 324 g/mol. The fraction of sp³-hybridized carbons (Fsp3) is 0.455. The van der Waals surface area contributed by atoms with E-state index in [1.807, 2.05) is 25.2 Å². The minimum atomic E-state index is -0.00407. The summed E-state index contributed by atoms with van der Waals surface area (Å²) < 4.78 is 11.8. The molecule has 4 heteroatoms. The van der Waals surface area contributed by atoms with Gasteiger partial charge in [-0.1, -0.05) is 12.2 Å². The Labute approximate surface area is 107 Å². The van der Waals surface area contributed by atoms with Crippen LogP contribution in [0.1, 0.15) is 6.92 Å². The molecule has 0 aromatic carbocycles. The highest BCUT2D eigenvalue weighted by Gasteiger charge is 2.20. The number of halogens is 2. The number of hydrogen-bond donors (Lipinski definition) is 0. The maximum absolute atomic E-state index is 5.59. The highest BCUT2D eigenvalue weighted by atomic mass is 79.9. The summed E-state index contributed by atoms with van der Waals surface area (Å²) in [5, 5.41) is 0. The summed E-state index contributed by atoms with van der Waals surface area (Å²) in [5.74, 6) is 0. The Kier molecular flexibility index (Phi) is 5.82.